The van der Waals surface area contributed by atoms with E-state index in [1.54, 1.807) is 30.3 Å². The first-order valence-corrected chi connectivity index (χ1v) is 8.21. The predicted octanol–water partition coefficient (Wildman–Crippen LogP) is 4.31. The monoisotopic (exact) mass is 363 g/mol. The second-order valence-electron chi connectivity index (χ2n) is 5.76. The summed E-state index contributed by atoms with van der Waals surface area (Å²) in [6.07, 6.45) is 1.83. The van der Waals surface area contributed by atoms with E-state index in [4.69, 9.17) is 8.94 Å². The zero-order valence-corrected chi connectivity index (χ0v) is 14.1. The lowest BCUT2D eigenvalue weighted by Gasteiger charge is -2.10. The smallest absolute Gasteiger partial charge is 0.258 e. The first-order valence-electron chi connectivity index (χ1n) is 8.21. The lowest BCUT2D eigenvalue weighted by atomic mass is 10.1. The van der Waals surface area contributed by atoms with Gasteiger partial charge in [0.05, 0.1) is 18.2 Å². The Balaban J connectivity index is 1.55. The van der Waals surface area contributed by atoms with Crippen LogP contribution in [0.2, 0.25) is 0 Å². The number of amides is 1. The fraction of sp³-hybridized carbons (Fsp3) is 0.0500. The van der Waals surface area contributed by atoms with Crippen molar-refractivity contribution in [2.75, 3.05) is 5.32 Å². The summed E-state index contributed by atoms with van der Waals surface area (Å²) >= 11 is 0. The molecule has 1 N–H and O–H groups in total. The van der Waals surface area contributed by atoms with E-state index >= 15 is 0 Å². The van der Waals surface area contributed by atoms with E-state index in [-0.39, 0.29) is 5.56 Å². The van der Waals surface area contributed by atoms with Crippen molar-refractivity contribution in [2.45, 2.75) is 6.42 Å². The zero-order valence-electron chi connectivity index (χ0n) is 14.1. The molecular weight excluding hydrogens is 349 g/mol. The van der Waals surface area contributed by atoms with Crippen molar-refractivity contribution >= 4 is 11.6 Å². The van der Waals surface area contributed by atoms with Crippen molar-refractivity contribution in [3.63, 3.8) is 0 Å². The Morgan fingerprint density at radius 2 is 1.85 bits per heavy atom. The summed E-state index contributed by atoms with van der Waals surface area (Å²) in [5.41, 5.74) is 1.28. The summed E-state index contributed by atoms with van der Waals surface area (Å²) in [6.45, 7) is 0. The van der Waals surface area contributed by atoms with Crippen LogP contribution in [0.15, 0.2) is 75.9 Å². The molecule has 0 saturated heterocycles. The molecule has 2 aromatic carbocycles. The number of para-hydroxylation sites is 1. The summed E-state index contributed by atoms with van der Waals surface area (Å²) in [7, 11) is 0. The van der Waals surface area contributed by atoms with Gasteiger partial charge in [0.1, 0.15) is 5.82 Å². The standard InChI is InChI=1S/C20H14FN3O3/c21-15-8-3-2-7-14(15)20(25)22-16-9-4-1-6-13(16)12-18-23-19(24-27-18)17-10-5-11-26-17/h1-11H,12H2,(H,22,25). The van der Waals surface area contributed by atoms with Gasteiger partial charge in [-0.15, -0.1) is 0 Å². The van der Waals surface area contributed by atoms with Gasteiger partial charge in [-0.05, 0) is 35.9 Å². The van der Waals surface area contributed by atoms with Crippen LogP contribution in [0.1, 0.15) is 21.8 Å². The molecule has 0 aliphatic rings. The van der Waals surface area contributed by atoms with E-state index in [2.05, 4.69) is 15.5 Å². The molecule has 0 saturated carbocycles. The van der Waals surface area contributed by atoms with Crippen LogP contribution in [-0.4, -0.2) is 16.0 Å². The molecule has 1 amide bonds. The van der Waals surface area contributed by atoms with Crippen LogP contribution in [0, 0.1) is 5.82 Å². The number of benzene rings is 2. The van der Waals surface area contributed by atoms with E-state index in [9.17, 15) is 9.18 Å². The van der Waals surface area contributed by atoms with Crippen LogP contribution in [0.25, 0.3) is 11.6 Å². The molecule has 0 aliphatic carbocycles. The topological polar surface area (TPSA) is 81.2 Å². The van der Waals surface area contributed by atoms with Gasteiger partial charge in [0, 0.05) is 5.69 Å². The van der Waals surface area contributed by atoms with Gasteiger partial charge >= 0.3 is 0 Å². The van der Waals surface area contributed by atoms with Crippen molar-refractivity contribution in [3.8, 4) is 11.6 Å². The highest BCUT2D eigenvalue weighted by Crippen LogP contribution is 2.22. The maximum absolute atomic E-state index is 13.8. The number of furan rings is 1. The number of hydrogen-bond donors (Lipinski definition) is 1. The molecule has 0 spiro atoms. The maximum Gasteiger partial charge on any atom is 0.258 e. The van der Waals surface area contributed by atoms with E-state index in [1.165, 1.54) is 24.5 Å². The molecule has 134 valence electrons. The largest absolute Gasteiger partial charge is 0.461 e. The van der Waals surface area contributed by atoms with Crippen LogP contribution in [0.4, 0.5) is 10.1 Å². The molecule has 27 heavy (non-hydrogen) atoms. The molecule has 4 rings (SSSR count). The van der Waals surface area contributed by atoms with E-state index in [0.717, 1.165) is 5.56 Å². The number of carbonyl (C=O) groups excluding carboxylic acids is 1. The number of nitrogens with zero attached hydrogens (tertiary/aromatic N) is 2. The van der Waals surface area contributed by atoms with Crippen LogP contribution in [0.3, 0.4) is 0 Å². The SMILES string of the molecule is O=C(Nc1ccccc1Cc1nc(-c2ccco2)no1)c1ccccc1F. The Morgan fingerprint density at radius 3 is 2.67 bits per heavy atom. The predicted molar refractivity (Wildman–Crippen MR) is 95.6 cm³/mol. The second-order valence-corrected chi connectivity index (χ2v) is 5.76. The summed E-state index contributed by atoms with van der Waals surface area (Å²) in [5.74, 6) is 0.123. The number of nitrogens with one attached hydrogen (secondary N) is 1. The molecule has 0 radical (unpaired) electrons. The number of anilines is 1. The van der Waals surface area contributed by atoms with Crippen LogP contribution in [0.5, 0.6) is 0 Å². The average Bonchev–Trinajstić information content (AvgIpc) is 3.35. The minimum Gasteiger partial charge on any atom is -0.461 e. The third-order valence-electron chi connectivity index (χ3n) is 3.94. The highest BCUT2D eigenvalue weighted by atomic mass is 19.1. The number of carbonyl (C=O) groups is 1. The van der Waals surface area contributed by atoms with Gasteiger partial charge in [0.2, 0.25) is 11.7 Å². The summed E-state index contributed by atoms with van der Waals surface area (Å²) < 4.78 is 24.3. The number of halogens is 1. The first-order chi connectivity index (χ1) is 13.2. The zero-order chi connectivity index (χ0) is 18.6. The van der Waals surface area contributed by atoms with E-state index in [1.807, 2.05) is 12.1 Å². The Hall–Kier alpha value is -3.74. The third kappa shape index (κ3) is 3.62. The van der Waals surface area contributed by atoms with Crippen LogP contribution < -0.4 is 5.32 Å². The van der Waals surface area contributed by atoms with Gasteiger partial charge in [0.25, 0.3) is 5.91 Å². The molecule has 2 heterocycles. The van der Waals surface area contributed by atoms with Gasteiger partial charge in [-0.3, -0.25) is 4.79 Å². The highest BCUT2D eigenvalue weighted by molar-refractivity contribution is 6.04. The molecule has 0 unspecified atom stereocenters. The molecule has 0 atom stereocenters. The third-order valence-corrected chi connectivity index (χ3v) is 3.94. The van der Waals surface area contributed by atoms with Crippen LogP contribution >= 0.6 is 0 Å². The number of rotatable bonds is 5. The van der Waals surface area contributed by atoms with Crippen molar-refractivity contribution in [1.82, 2.24) is 10.1 Å². The van der Waals surface area contributed by atoms with Crippen LogP contribution in [-0.2, 0) is 6.42 Å². The van der Waals surface area contributed by atoms with Gasteiger partial charge in [-0.25, -0.2) is 4.39 Å². The summed E-state index contributed by atoms with van der Waals surface area (Å²) in [5, 5.41) is 6.62. The molecule has 0 aliphatic heterocycles. The minimum absolute atomic E-state index is 0.0230. The van der Waals surface area contributed by atoms with Gasteiger partial charge < -0.3 is 14.3 Å². The van der Waals surface area contributed by atoms with Gasteiger partial charge in [-0.2, -0.15) is 4.98 Å². The second kappa shape index (κ2) is 7.25. The van der Waals surface area contributed by atoms with E-state index in [0.29, 0.717) is 29.6 Å². The average molecular weight is 363 g/mol. The molecule has 2 aromatic heterocycles. The fourth-order valence-corrected chi connectivity index (χ4v) is 2.63. The number of hydrogen-bond acceptors (Lipinski definition) is 5. The Kier molecular flexibility index (Phi) is 4.49. The molecule has 7 heteroatoms. The maximum atomic E-state index is 13.8. The number of aromatic nitrogens is 2. The van der Waals surface area contributed by atoms with E-state index < -0.39 is 11.7 Å². The molecule has 0 fully saturated rings. The summed E-state index contributed by atoms with van der Waals surface area (Å²) in [4.78, 5) is 16.7. The highest BCUT2D eigenvalue weighted by Gasteiger charge is 2.15. The normalized spacial score (nSPS) is 10.7. The molecule has 4 aromatic rings. The lowest BCUT2D eigenvalue weighted by molar-refractivity contribution is 0.102. The quantitative estimate of drug-likeness (QED) is 0.571. The fourth-order valence-electron chi connectivity index (χ4n) is 2.63. The van der Waals surface area contributed by atoms with Crippen molar-refractivity contribution < 1.29 is 18.1 Å². The Labute approximate surface area is 153 Å². The molecular formula is C20H14FN3O3. The summed E-state index contributed by atoms with van der Waals surface area (Å²) in [6, 6.07) is 16.5. The van der Waals surface area contributed by atoms with Crippen molar-refractivity contribution in [3.05, 3.63) is 89.8 Å². The molecule has 0 bridgehead atoms. The van der Waals surface area contributed by atoms with Crippen molar-refractivity contribution in [2.24, 2.45) is 0 Å². The Morgan fingerprint density at radius 1 is 1.04 bits per heavy atom. The molecule has 6 nitrogen and oxygen atoms in total. The first kappa shape index (κ1) is 16.7. The van der Waals surface area contributed by atoms with Gasteiger partial charge in [-0.1, -0.05) is 35.5 Å². The lowest BCUT2D eigenvalue weighted by Crippen LogP contribution is -2.15. The Bertz CT molecular complexity index is 1070. The van der Waals surface area contributed by atoms with Gasteiger partial charge in [0.15, 0.2) is 5.76 Å². The van der Waals surface area contributed by atoms with Crippen molar-refractivity contribution in [1.29, 1.82) is 0 Å². The minimum atomic E-state index is -0.576.